The second-order valence-corrected chi connectivity index (χ2v) is 2.98. The lowest BCUT2D eigenvalue weighted by Gasteiger charge is -1.90. The van der Waals surface area contributed by atoms with E-state index in [2.05, 4.69) is 4.98 Å². The number of aliphatic hydroxyl groups is 1. The number of aromatic amines is 1. The first kappa shape index (κ1) is 8.71. The summed E-state index contributed by atoms with van der Waals surface area (Å²) in [5.74, 6) is 0. The van der Waals surface area contributed by atoms with Crippen molar-refractivity contribution in [1.29, 1.82) is 0 Å². The highest BCUT2D eigenvalue weighted by molar-refractivity contribution is 5.82. The number of rotatable bonds is 2. The number of fused-ring (bicyclic) bond motifs is 1. The van der Waals surface area contributed by atoms with Gasteiger partial charge in [0.1, 0.15) is 0 Å². The van der Waals surface area contributed by atoms with E-state index in [-0.39, 0.29) is 12.3 Å². The van der Waals surface area contributed by atoms with Crippen LogP contribution in [0.25, 0.3) is 10.9 Å². The molecule has 0 fully saturated rings. The molecule has 5 heteroatoms. The van der Waals surface area contributed by atoms with E-state index in [1.54, 1.807) is 12.1 Å². The van der Waals surface area contributed by atoms with Gasteiger partial charge in [-0.25, -0.2) is 0 Å². The van der Waals surface area contributed by atoms with Crippen molar-refractivity contribution in [2.24, 2.45) is 0 Å². The summed E-state index contributed by atoms with van der Waals surface area (Å²) in [7, 11) is 0. The summed E-state index contributed by atoms with van der Waals surface area (Å²) in [5, 5.41) is 20.2. The molecule has 0 radical (unpaired) electrons. The number of aromatic nitrogens is 1. The fourth-order valence-electron chi connectivity index (χ4n) is 1.37. The van der Waals surface area contributed by atoms with Gasteiger partial charge >= 0.3 is 0 Å². The fourth-order valence-corrected chi connectivity index (χ4v) is 1.37. The highest BCUT2D eigenvalue weighted by atomic mass is 16.6. The number of non-ortho nitro benzene ring substituents is 1. The van der Waals surface area contributed by atoms with E-state index in [4.69, 9.17) is 5.11 Å². The van der Waals surface area contributed by atoms with Crippen LogP contribution in [0.4, 0.5) is 5.69 Å². The van der Waals surface area contributed by atoms with Crippen molar-refractivity contribution >= 4 is 16.6 Å². The second-order valence-electron chi connectivity index (χ2n) is 2.98. The Morgan fingerprint density at radius 1 is 1.43 bits per heavy atom. The van der Waals surface area contributed by atoms with Gasteiger partial charge in [0.15, 0.2) is 0 Å². The lowest BCUT2D eigenvalue weighted by Crippen LogP contribution is -1.86. The van der Waals surface area contributed by atoms with E-state index >= 15 is 0 Å². The Kier molecular flexibility index (Phi) is 1.94. The van der Waals surface area contributed by atoms with Crippen LogP contribution in [0.5, 0.6) is 0 Å². The number of hydrogen-bond donors (Lipinski definition) is 2. The van der Waals surface area contributed by atoms with E-state index in [0.717, 1.165) is 5.39 Å². The first-order valence-corrected chi connectivity index (χ1v) is 4.07. The quantitative estimate of drug-likeness (QED) is 0.559. The molecule has 1 heterocycles. The van der Waals surface area contributed by atoms with Gasteiger partial charge in [-0.1, -0.05) is 0 Å². The molecule has 1 aromatic heterocycles. The number of nitro benzene ring substituents is 1. The highest BCUT2D eigenvalue weighted by Crippen LogP contribution is 2.21. The van der Waals surface area contributed by atoms with Gasteiger partial charge in [0, 0.05) is 23.2 Å². The number of hydrogen-bond acceptors (Lipinski definition) is 3. The summed E-state index contributed by atoms with van der Waals surface area (Å²) in [6, 6.07) is 6.31. The topological polar surface area (TPSA) is 79.2 Å². The summed E-state index contributed by atoms with van der Waals surface area (Å²) in [6.45, 7) is -0.0948. The molecule has 0 saturated carbocycles. The van der Waals surface area contributed by atoms with E-state index < -0.39 is 4.92 Å². The maximum absolute atomic E-state index is 10.5. The molecule has 0 bridgehead atoms. The minimum absolute atomic E-state index is 0.0452. The fraction of sp³-hybridized carbons (Fsp3) is 0.111. The lowest BCUT2D eigenvalue weighted by atomic mass is 10.2. The smallest absolute Gasteiger partial charge is 0.271 e. The molecule has 0 aliphatic carbocycles. The third-order valence-corrected chi connectivity index (χ3v) is 2.04. The first-order chi connectivity index (χ1) is 6.70. The number of nitrogens with zero attached hydrogens (tertiary/aromatic N) is 1. The van der Waals surface area contributed by atoms with Gasteiger partial charge in [-0.3, -0.25) is 10.1 Å². The molecule has 2 aromatic rings. The van der Waals surface area contributed by atoms with Crippen LogP contribution in [-0.4, -0.2) is 15.0 Å². The Morgan fingerprint density at radius 2 is 2.21 bits per heavy atom. The molecule has 5 nitrogen and oxygen atoms in total. The number of H-pyrrole nitrogens is 1. The van der Waals surface area contributed by atoms with Crippen LogP contribution in [0.2, 0.25) is 0 Å². The normalized spacial score (nSPS) is 10.6. The van der Waals surface area contributed by atoms with Crippen molar-refractivity contribution in [1.82, 2.24) is 4.98 Å². The molecule has 72 valence electrons. The minimum Gasteiger partial charge on any atom is -0.390 e. The van der Waals surface area contributed by atoms with Crippen LogP contribution >= 0.6 is 0 Å². The van der Waals surface area contributed by atoms with Crippen LogP contribution in [0.15, 0.2) is 24.3 Å². The highest BCUT2D eigenvalue weighted by Gasteiger charge is 2.07. The Hall–Kier alpha value is -1.88. The van der Waals surface area contributed by atoms with Gasteiger partial charge in [0.05, 0.1) is 17.0 Å². The Labute approximate surface area is 79.1 Å². The summed E-state index contributed by atoms with van der Waals surface area (Å²) < 4.78 is 0. The molecule has 2 N–H and O–H groups in total. The van der Waals surface area contributed by atoms with E-state index in [1.807, 2.05) is 0 Å². The lowest BCUT2D eigenvalue weighted by molar-refractivity contribution is -0.384. The largest absolute Gasteiger partial charge is 0.390 e. The zero-order valence-electron chi connectivity index (χ0n) is 7.23. The number of nitro groups is 1. The molecule has 2 rings (SSSR count). The van der Waals surface area contributed by atoms with Crippen molar-refractivity contribution in [3.05, 3.63) is 40.1 Å². The summed E-state index contributed by atoms with van der Waals surface area (Å²) in [6.07, 6.45) is 0. The third-order valence-electron chi connectivity index (χ3n) is 2.04. The molecule has 0 aliphatic rings. The van der Waals surface area contributed by atoms with Gasteiger partial charge in [-0.05, 0) is 12.1 Å². The van der Waals surface area contributed by atoms with Gasteiger partial charge in [0.25, 0.3) is 5.69 Å². The Bertz CT molecular complexity index is 490. The molecule has 0 atom stereocenters. The monoisotopic (exact) mass is 192 g/mol. The van der Waals surface area contributed by atoms with Gasteiger partial charge < -0.3 is 10.1 Å². The standard InChI is InChI=1S/C9H8N2O3/c12-5-7-3-6-1-2-8(11(13)14)4-9(6)10-7/h1-4,10,12H,5H2. The van der Waals surface area contributed by atoms with E-state index in [0.29, 0.717) is 11.2 Å². The molecular formula is C9H8N2O3. The molecule has 14 heavy (non-hydrogen) atoms. The number of aliphatic hydroxyl groups excluding tert-OH is 1. The predicted molar refractivity (Wildman–Crippen MR) is 50.9 cm³/mol. The summed E-state index contributed by atoms with van der Waals surface area (Å²) >= 11 is 0. The first-order valence-electron chi connectivity index (χ1n) is 4.07. The van der Waals surface area contributed by atoms with Crippen molar-refractivity contribution in [2.45, 2.75) is 6.61 Å². The maximum atomic E-state index is 10.5. The van der Waals surface area contributed by atoms with Crippen molar-refractivity contribution < 1.29 is 10.0 Å². The minimum atomic E-state index is -0.446. The van der Waals surface area contributed by atoms with Crippen molar-refractivity contribution in [3.8, 4) is 0 Å². The van der Waals surface area contributed by atoms with E-state index in [1.165, 1.54) is 12.1 Å². The maximum Gasteiger partial charge on any atom is 0.271 e. The predicted octanol–water partition coefficient (Wildman–Crippen LogP) is 1.57. The van der Waals surface area contributed by atoms with Crippen molar-refractivity contribution in [2.75, 3.05) is 0 Å². The Morgan fingerprint density at radius 3 is 2.86 bits per heavy atom. The van der Waals surface area contributed by atoms with Gasteiger partial charge in [-0.15, -0.1) is 0 Å². The Balaban J connectivity index is 2.59. The molecule has 0 unspecified atom stereocenters. The summed E-state index contributed by atoms with van der Waals surface area (Å²) in [5.41, 5.74) is 1.37. The number of nitrogens with one attached hydrogen (secondary N) is 1. The zero-order chi connectivity index (χ0) is 10.1. The molecular weight excluding hydrogens is 184 g/mol. The van der Waals surface area contributed by atoms with Crippen LogP contribution in [0.1, 0.15) is 5.69 Å². The molecule has 0 amide bonds. The number of benzene rings is 1. The molecule has 0 saturated heterocycles. The average Bonchev–Trinajstić information content (AvgIpc) is 2.58. The average molecular weight is 192 g/mol. The van der Waals surface area contributed by atoms with Gasteiger partial charge in [-0.2, -0.15) is 0 Å². The van der Waals surface area contributed by atoms with Crippen LogP contribution in [0.3, 0.4) is 0 Å². The van der Waals surface area contributed by atoms with Crippen molar-refractivity contribution in [3.63, 3.8) is 0 Å². The molecule has 0 spiro atoms. The zero-order valence-corrected chi connectivity index (χ0v) is 7.23. The van der Waals surface area contributed by atoms with Gasteiger partial charge in [0.2, 0.25) is 0 Å². The van der Waals surface area contributed by atoms with E-state index in [9.17, 15) is 10.1 Å². The van der Waals surface area contributed by atoms with Crippen LogP contribution in [-0.2, 0) is 6.61 Å². The molecule has 0 aliphatic heterocycles. The molecule has 1 aromatic carbocycles. The third kappa shape index (κ3) is 1.33. The SMILES string of the molecule is O=[N+]([O-])c1ccc2cc(CO)[nH]c2c1. The second kappa shape index (κ2) is 3.12. The van der Waals surface area contributed by atoms with Crippen LogP contribution < -0.4 is 0 Å². The van der Waals surface area contributed by atoms with Crippen LogP contribution in [0, 0.1) is 10.1 Å². The summed E-state index contributed by atoms with van der Waals surface area (Å²) in [4.78, 5) is 12.9.